The SMILES string of the molecule is COc1ccc(C(=O)NNC(=S)NC(=O)c2ccc(OC(C)C)cc2)cc1Br. The zero-order valence-electron chi connectivity index (χ0n) is 15.5. The molecule has 0 aromatic heterocycles. The number of nitrogens with one attached hydrogen (secondary N) is 3. The van der Waals surface area contributed by atoms with Crippen molar-refractivity contribution in [3.8, 4) is 11.5 Å². The number of methoxy groups -OCH3 is 1. The normalized spacial score (nSPS) is 10.2. The van der Waals surface area contributed by atoms with Gasteiger partial charge in [0.05, 0.1) is 17.7 Å². The Morgan fingerprint density at radius 2 is 1.64 bits per heavy atom. The average molecular weight is 466 g/mol. The van der Waals surface area contributed by atoms with Gasteiger partial charge in [0.15, 0.2) is 5.11 Å². The number of carbonyl (C=O) groups is 2. The van der Waals surface area contributed by atoms with Gasteiger partial charge in [-0.2, -0.15) is 0 Å². The number of hydrogen-bond donors (Lipinski definition) is 3. The molecule has 0 radical (unpaired) electrons. The number of hydrazine groups is 1. The Morgan fingerprint density at radius 1 is 1.00 bits per heavy atom. The number of ether oxygens (including phenoxy) is 2. The van der Waals surface area contributed by atoms with Crippen LogP contribution in [-0.2, 0) is 0 Å². The largest absolute Gasteiger partial charge is 0.496 e. The second kappa shape index (κ2) is 10.0. The lowest BCUT2D eigenvalue weighted by Gasteiger charge is -2.12. The number of thiocarbonyl (C=S) groups is 1. The van der Waals surface area contributed by atoms with Crippen LogP contribution in [0.2, 0.25) is 0 Å². The van der Waals surface area contributed by atoms with Crippen LogP contribution in [0.1, 0.15) is 34.6 Å². The van der Waals surface area contributed by atoms with Gasteiger partial charge >= 0.3 is 0 Å². The summed E-state index contributed by atoms with van der Waals surface area (Å²) in [4.78, 5) is 24.4. The first-order chi connectivity index (χ1) is 13.3. The molecule has 0 bridgehead atoms. The number of benzene rings is 2. The second-order valence-electron chi connectivity index (χ2n) is 5.90. The molecule has 9 heteroatoms. The fraction of sp³-hybridized carbons (Fsp3) is 0.211. The van der Waals surface area contributed by atoms with Gasteiger partial charge in [0.1, 0.15) is 11.5 Å². The molecule has 0 saturated heterocycles. The molecular weight excluding hydrogens is 446 g/mol. The molecule has 148 valence electrons. The fourth-order valence-electron chi connectivity index (χ4n) is 2.16. The zero-order valence-corrected chi connectivity index (χ0v) is 17.9. The first-order valence-electron chi connectivity index (χ1n) is 8.32. The third-order valence-electron chi connectivity index (χ3n) is 3.42. The van der Waals surface area contributed by atoms with Gasteiger partial charge in [0.2, 0.25) is 0 Å². The van der Waals surface area contributed by atoms with Crippen LogP contribution in [0.4, 0.5) is 0 Å². The summed E-state index contributed by atoms with van der Waals surface area (Å²) >= 11 is 8.35. The van der Waals surface area contributed by atoms with Gasteiger partial charge in [0, 0.05) is 11.1 Å². The second-order valence-corrected chi connectivity index (χ2v) is 7.17. The van der Waals surface area contributed by atoms with Gasteiger partial charge in [-0.15, -0.1) is 0 Å². The molecule has 0 atom stereocenters. The van der Waals surface area contributed by atoms with Crippen molar-refractivity contribution in [1.82, 2.24) is 16.2 Å². The maximum Gasteiger partial charge on any atom is 0.269 e. The van der Waals surface area contributed by atoms with Crippen molar-refractivity contribution in [2.24, 2.45) is 0 Å². The maximum atomic E-state index is 12.2. The highest BCUT2D eigenvalue weighted by Gasteiger charge is 2.11. The third-order valence-corrected chi connectivity index (χ3v) is 4.24. The van der Waals surface area contributed by atoms with E-state index < -0.39 is 11.8 Å². The van der Waals surface area contributed by atoms with E-state index >= 15 is 0 Å². The van der Waals surface area contributed by atoms with E-state index in [9.17, 15) is 9.59 Å². The maximum absolute atomic E-state index is 12.2. The van der Waals surface area contributed by atoms with Crippen LogP contribution in [0.15, 0.2) is 46.9 Å². The van der Waals surface area contributed by atoms with E-state index in [0.717, 1.165) is 0 Å². The van der Waals surface area contributed by atoms with E-state index in [1.54, 1.807) is 42.5 Å². The topological polar surface area (TPSA) is 88.7 Å². The van der Waals surface area contributed by atoms with Gasteiger partial charge in [-0.1, -0.05) is 0 Å². The Morgan fingerprint density at radius 3 is 2.21 bits per heavy atom. The minimum atomic E-state index is -0.421. The van der Waals surface area contributed by atoms with Crippen LogP contribution in [0.5, 0.6) is 11.5 Å². The Bertz CT molecular complexity index is 872. The van der Waals surface area contributed by atoms with Gasteiger partial charge in [0.25, 0.3) is 11.8 Å². The fourth-order valence-corrected chi connectivity index (χ4v) is 2.84. The summed E-state index contributed by atoms with van der Waals surface area (Å²) in [7, 11) is 1.54. The summed E-state index contributed by atoms with van der Waals surface area (Å²) in [5.41, 5.74) is 5.71. The first-order valence-corrected chi connectivity index (χ1v) is 9.52. The van der Waals surface area contributed by atoms with E-state index in [4.69, 9.17) is 21.7 Å². The Balaban J connectivity index is 1.87. The van der Waals surface area contributed by atoms with Gasteiger partial charge in [-0.05, 0) is 84.5 Å². The summed E-state index contributed by atoms with van der Waals surface area (Å²) in [6.07, 6.45) is 0.0476. The van der Waals surface area contributed by atoms with Crippen LogP contribution >= 0.6 is 28.1 Å². The highest BCUT2D eigenvalue weighted by Crippen LogP contribution is 2.25. The van der Waals surface area contributed by atoms with Gasteiger partial charge in [-0.3, -0.25) is 25.8 Å². The molecule has 28 heavy (non-hydrogen) atoms. The van der Waals surface area contributed by atoms with Crippen molar-refractivity contribution < 1.29 is 19.1 Å². The molecular formula is C19H20BrN3O4S. The average Bonchev–Trinajstić information content (AvgIpc) is 2.66. The van der Waals surface area contributed by atoms with Crippen LogP contribution in [0, 0.1) is 0 Å². The Kier molecular flexibility index (Phi) is 7.77. The van der Waals surface area contributed by atoms with Crippen LogP contribution in [0.3, 0.4) is 0 Å². The number of amides is 2. The molecule has 2 rings (SSSR count). The Labute approximate surface area is 176 Å². The van der Waals surface area contributed by atoms with Gasteiger partial charge < -0.3 is 9.47 Å². The predicted octanol–water partition coefficient (Wildman–Crippen LogP) is 3.19. The van der Waals surface area contributed by atoms with Crippen LogP contribution in [-0.4, -0.2) is 30.1 Å². The van der Waals surface area contributed by atoms with Crippen molar-refractivity contribution in [1.29, 1.82) is 0 Å². The molecule has 2 aromatic carbocycles. The van der Waals surface area contributed by atoms with Crippen LogP contribution < -0.4 is 25.6 Å². The minimum absolute atomic E-state index is 0.0339. The monoisotopic (exact) mass is 465 g/mol. The third kappa shape index (κ3) is 6.21. The Hall–Kier alpha value is -2.65. The van der Waals surface area contributed by atoms with E-state index in [1.807, 2.05) is 13.8 Å². The minimum Gasteiger partial charge on any atom is -0.496 e. The lowest BCUT2D eigenvalue weighted by atomic mass is 10.2. The summed E-state index contributed by atoms with van der Waals surface area (Å²) in [5, 5.41) is 2.46. The predicted molar refractivity (Wildman–Crippen MR) is 114 cm³/mol. The molecule has 0 aliphatic heterocycles. The summed E-state index contributed by atoms with van der Waals surface area (Å²) in [6.45, 7) is 3.84. The highest BCUT2D eigenvalue weighted by atomic mass is 79.9. The molecule has 3 N–H and O–H groups in total. The van der Waals surface area contributed by atoms with E-state index in [-0.39, 0.29) is 11.2 Å². The molecule has 7 nitrogen and oxygen atoms in total. The quantitative estimate of drug-likeness (QED) is 0.464. The lowest BCUT2D eigenvalue weighted by Crippen LogP contribution is -2.48. The summed E-state index contributed by atoms with van der Waals surface area (Å²) in [6, 6.07) is 11.5. The van der Waals surface area contributed by atoms with Crippen molar-refractivity contribution in [2.45, 2.75) is 20.0 Å². The summed E-state index contributed by atoms with van der Waals surface area (Å²) in [5.74, 6) is 0.451. The molecule has 0 unspecified atom stereocenters. The molecule has 0 spiro atoms. The van der Waals surface area contributed by atoms with E-state index in [1.165, 1.54) is 7.11 Å². The highest BCUT2D eigenvalue weighted by molar-refractivity contribution is 9.10. The van der Waals surface area contributed by atoms with Gasteiger partial charge in [-0.25, -0.2) is 0 Å². The molecule has 0 aliphatic carbocycles. The number of hydrogen-bond acceptors (Lipinski definition) is 5. The van der Waals surface area contributed by atoms with Crippen molar-refractivity contribution in [3.05, 3.63) is 58.1 Å². The van der Waals surface area contributed by atoms with Crippen molar-refractivity contribution in [2.75, 3.05) is 7.11 Å². The zero-order chi connectivity index (χ0) is 20.7. The lowest BCUT2D eigenvalue weighted by molar-refractivity contribution is 0.0934. The van der Waals surface area contributed by atoms with Crippen LogP contribution in [0.25, 0.3) is 0 Å². The molecule has 0 fully saturated rings. The first kappa shape index (κ1) is 21.6. The van der Waals surface area contributed by atoms with E-state index in [0.29, 0.717) is 27.1 Å². The number of rotatable bonds is 5. The van der Waals surface area contributed by atoms with Crippen molar-refractivity contribution >= 4 is 45.1 Å². The molecule has 0 saturated carbocycles. The summed E-state index contributed by atoms with van der Waals surface area (Å²) < 4.78 is 11.3. The smallest absolute Gasteiger partial charge is 0.269 e. The number of halogens is 1. The molecule has 0 aliphatic rings. The van der Waals surface area contributed by atoms with Crippen molar-refractivity contribution in [3.63, 3.8) is 0 Å². The van der Waals surface area contributed by atoms with E-state index in [2.05, 4.69) is 32.1 Å². The molecule has 2 amide bonds. The molecule has 2 aromatic rings. The molecule has 0 heterocycles. The number of carbonyl (C=O) groups excluding carboxylic acids is 2. The standard InChI is InChI=1S/C19H20BrN3O4S/c1-11(2)27-14-7-4-12(5-8-14)17(24)21-19(28)23-22-18(25)13-6-9-16(26-3)15(20)10-13/h4-11H,1-3H3,(H,22,25)(H2,21,23,24,28).